The predicted octanol–water partition coefficient (Wildman–Crippen LogP) is 1.92. The zero-order chi connectivity index (χ0) is 13.7. The molecule has 0 aromatic heterocycles. The number of aliphatic hydroxyl groups is 1. The highest BCUT2D eigenvalue weighted by Gasteiger charge is 2.38. The molecule has 1 aliphatic carbocycles. The molecule has 1 fully saturated rings. The maximum Gasteiger partial charge on any atom is 0.207 e. The number of aromatic hydroxyl groups is 1. The molecule has 1 unspecified atom stereocenters. The van der Waals surface area contributed by atoms with Crippen molar-refractivity contribution < 1.29 is 15.0 Å². The summed E-state index contributed by atoms with van der Waals surface area (Å²) in [5, 5.41) is 22.9. The maximum absolute atomic E-state index is 10.9. The second-order valence-electron chi connectivity index (χ2n) is 5.33. The van der Waals surface area contributed by atoms with Gasteiger partial charge in [0.1, 0.15) is 5.75 Å². The van der Waals surface area contributed by atoms with Crippen molar-refractivity contribution in [3.05, 3.63) is 29.8 Å². The van der Waals surface area contributed by atoms with Crippen LogP contribution in [0.3, 0.4) is 0 Å². The van der Waals surface area contributed by atoms with Gasteiger partial charge in [0, 0.05) is 12.5 Å². The van der Waals surface area contributed by atoms with Gasteiger partial charge in [-0.3, -0.25) is 4.79 Å². The number of benzene rings is 1. The number of hydrogen-bond donors (Lipinski definition) is 3. The van der Waals surface area contributed by atoms with E-state index >= 15 is 0 Å². The summed E-state index contributed by atoms with van der Waals surface area (Å²) in [6, 6.07) is 6.88. The molecule has 1 aliphatic rings. The molecule has 4 heteroatoms. The van der Waals surface area contributed by atoms with Crippen molar-refractivity contribution in [2.75, 3.05) is 6.54 Å². The number of hydrogen-bond acceptors (Lipinski definition) is 3. The van der Waals surface area contributed by atoms with Gasteiger partial charge in [0.05, 0.1) is 5.60 Å². The van der Waals surface area contributed by atoms with Crippen LogP contribution in [0.2, 0.25) is 0 Å². The van der Waals surface area contributed by atoms with Gasteiger partial charge in [0.15, 0.2) is 0 Å². The molecule has 1 amide bonds. The Bertz CT molecular complexity index is 410. The number of amides is 1. The first kappa shape index (κ1) is 13.9. The number of phenols is 1. The maximum atomic E-state index is 10.9. The van der Waals surface area contributed by atoms with E-state index in [4.69, 9.17) is 0 Å². The van der Waals surface area contributed by atoms with Gasteiger partial charge in [-0.25, -0.2) is 0 Å². The summed E-state index contributed by atoms with van der Waals surface area (Å²) in [5.41, 5.74) is 0.196. The van der Waals surface area contributed by atoms with Crippen LogP contribution >= 0.6 is 0 Å². The van der Waals surface area contributed by atoms with Crippen LogP contribution in [0.4, 0.5) is 0 Å². The molecule has 0 heterocycles. The summed E-state index contributed by atoms with van der Waals surface area (Å²) in [6.07, 6.45) is 5.39. The second kappa shape index (κ2) is 6.06. The van der Waals surface area contributed by atoms with Crippen LogP contribution in [0, 0.1) is 0 Å². The molecule has 0 saturated heterocycles. The van der Waals surface area contributed by atoms with E-state index in [1.165, 1.54) is 0 Å². The van der Waals surface area contributed by atoms with Crippen LogP contribution < -0.4 is 5.32 Å². The van der Waals surface area contributed by atoms with Crippen molar-refractivity contribution in [1.82, 2.24) is 5.32 Å². The third-order valence-electron chi connectivity index (χ3n) is 4.07. The van der Waals surface area contributed by atoms with Gasteiger partial charge in [-0.1, -0.05) is 31.4 Å². The van der Waals surface area contributed by atoms with Gasteiger partial charge in [-0.2, -0.15) is 0 Å². The average Bonchev–Trinajstić information content (AvgIpc) is 2.42. The summed E-state index contributed by atoms with van der Waals surface area (Å²) < 4.78 is 0. The molecular weight excluding hydrogens is 242 g/mol. The molecule has 1 aromatic rings. The lowest BCUT2D eigenvalue weighted by Gasteiger charge is -2.39. The molecule has 1 atom stereocenters. The molecule has 0 radical (unpaired) electrons. The van der Waals surface area contributed by atoms with Crippen LogP contribution in [0.1, 0.15) is 43.6 Å². The van der Waals surface area contributed by atoms with Crippen LogP contribution in [-0.4, -0.2) is 28.8 Å². The zero-order valence-electron chi connectivity index (χ0n) is 11.0. The van der Waals surface area contributed by atoms with E-state index in [2.05, 4.69) is 5.32 Å². The average molecular weight is 263 g/mol. The minimum Gasteiger partial charge on any atom is -0.508 e. The first-order chi connectivity index (χ1) is 9.15. The van der Waals surface area contributed by atoms with E-state index in [1.807, 2.05) is 12.1 Å². The van der Waals surface area contributed by atoms with E-state index in [1.54, 1.807) is 12.1 Å². The van der Waals surface area contributed by atoms with Gasteiger partial charge in [-0.15, -0.1) is 0 Å². The molecule has 3 N–H and O–H groups in total. The summed E-state index contributed by atoms with van der Waals surface area (Å²) >= 11 is 0. The van der Waals surface area contributed by atoms with E-state index in [0.717, 1.165) is 37.7 Å². The Balaban J connectivity index is 2.23. The van der Waals surface area contributed by atoms with Crippen LogP contribution in [0.25, 0.3) is 0 Å². The molecule has 0 spiro atoms. The zero-order valence-corrected chi connectivity index (χ0v) is 11.0. The predicted molar refractivity (Wildman–Crippen MR) is 72.9 cm³/mol. The Morgan fingerprint density at radius 3 is 2.42 bits per heavy atom. The molecule has 2 rings (SSSR count). The number of phenolic OH excluding ortho intramolecular Hbond substituents is 1. The first-order valence-corrected chi connectivity index (χ1v) is 6.84. The van der Waals surface area contributed by atoms with Gasteiger partial charge < -0.3 is 15.5 Å². The smallest absolute Gasteiger partial charge is 0.207 e. The molecule has 0 bridgehead atoms. The lowest BCUT2D eigenvalue weighted by atomic mass is 9.73. The number of nitrogens with one attached hydrogen (secondary N) is 1. The fourth-order valence-corrected chi connectivity index (χ4v) is 3.00. The quantitative estimate of drug-likeness (QED) is 0.711. The monoisotopic (exact) mass is 263 g/mol. The normalized spacial score (nSPS) is 19.6. The van der Waals surface area contributed by atoms with E-state index in [0.29, 0.717) is 13.0 Å². The number of carbonyl (C=O) groups excluding carboxylic acids is 1. The van der Waals surface area contributed by atoms with Crippen molar-refractivity contribution >= 4 is 6.41 Å². The van der Waals surface area contributed by atoms with Crippen LogP contribution in [0.15, 0.2) is 24.3 Å². The fourth-order valence-electron chi connectivity index (χ4n) is 3.00. The van der Waals surface area contributed by atoms with E-state index in [9.17, 15) is 15.0 Å². The van der Waals surface area contributed by atoms with Crippen molar-refractivity contribution in [2.45, 2.75) is 43.6 Å². The van der Waals surface area contributed by atoms with Crippen LogP contribution in [-0.2, 0) is 4.79 Å². The Morgan fingerprint density at radius 1 is 1.21 bits per heavy atom. The van der Waals surface area contributed by atoms with Gasteiger partial charge in [0.2, 0.25) is 6.41 Å². The van der Waals surface area contributed by atoms with E-state index in [-0.39, 0.29) is 11.7 Å². The topological polar surface area (TPSA) is 69.6 Å². The van der Waals surface area contributed by atoms with Crippen molar-refractivity contribution in [2.24, 2.45) is 0 Å². The lowest BCUT2D eigenvalue weighted by molar-refractivity contribution is -0.110. The van der Waals surface area contributed by atoms with Gasteiger partial charge in [-0.05, 0) is 30.5 Å². The Hall–Kier alpha value is -1.55. The summed E-state index contributed by atoms with van der Waals surface area (Å²) in [7, 11) is 0. The number of rotatable bonds is 5. The first-order valence-electron chi connectivity index (χ1n) is 6.84. The Labute approximate surface area is 113 Å². The lowest BCUT2D eigenvalue weighted by Crippen LogP contribution is -2.42. The van der Waals surface area contributed by atoms with Gasteiger partial charge >= 0.3 is 0 Å². The minimum atomic E-state index is -0.759. The molecule has 0 aliphatic heterocycles. The fraction of sp³-hybridized carbons (Fsp3) is 0.533. The highest BCUT2D eigenvalue weighted by Crippen LogP contribution is 2.39. The van der Waals surface area contributed by atoms with Crippen molar-refractivity contribution in [3.8, 4) is 5.75 Å². The second-order valence-corrected chi connectivity index (χ2v) is 5.33. The third-order valence-corrected chi connectivity index (χ3v) is 4.07. The highest BCUT2D eigenvalue weighted by molar-refractivity contribution is 5.46. The standard InChI is InChI=1S/C15H21NO3/c17-11-16-10-14(12-4-6-13(18)7-5-12)15(19)8-2-1-3-9-15/h4-7,11,14,18-19H,1-3,8-10H2,(H,16,17). The summed E-state index contributed by atoms with van der Waals surface area (Å²) in [4.78, 5) is 10.5. The van der Waals surface area contributed by atoms with Crippen molar-refractivity contribution in [3.63, 3.8) is 0 Å². The minimum absolute atomic E-state index is 0.126. The highest BCUT2D eigenvalue weighted by atomic mass is 16.3. The summed E-state index contributed by atoms with van der Waals surface area (Å²) in [5.74, 6) is 0.0834. The largest absolute Gasteiger partial charge is 0.508 e. The van der Waals surface area contributed by atoms with E-state index < -0.39 is 5.60 Å². The van der Waals surface area contributed by atoms with Gasteiger partial charge in [0.25, 0.3) is 0 Å². The molecule has 4 nitrogen and oxygen atoms in total. The molecule has 19 heavy (non-hydrogen) atoms. The molecule has 1 saturated carbocycles. The molecule has 104 valence electrons. The summed E-state index contributed by atoms with van der Waals surface area (Å²) in [6.45, 7) is 0.421. The number of carbonyl (C=O) groups is 1. The Kier molecular flexibility index (Phi) is 4.43. The van der Waals surface area contributed by atoms with Crippen LogP contribution in [0.5, 0.6) is 5.75 Å². The van der Waals surface area contributed by atoms with Crippen molar-refractivity contribution in [1.29, 1.82) is 0 Å². The molecule has 1 aromatic carbocycles. The Morgan fingerprint density at radius 2 is 1.84 bits per heavy atom. The SMILES string of the molecule is O=CNCC(c1ccc(O)cc1)C1(O)CCCCC1. The third kappa shape index (κ3) is 3.26. The molecular formula is C15H21NO3.